The Morgan fingerprint density at radius 3 is 2.81 bits per heavy atom. The molecular formula is C13H19BrN2. The molecule has 16 heavy (non-hydrogen) atoms. The normalized spacial score (nSPS) is 17.2. The fourth-order valence-electron chi connectivity index (χ4n) is 2.14. The van der Waals surface area contributed by atoms with Gasteiger partial charge >= 0.3 is 0 Å². The van der Waals surface area contributed by atoms with Crippen molar-refractivity contribution in [2.45, 2.75) is 39.5 Å². The van der Waals surface area contributed by atoms with Crippen molar-refractivity contribution in [1.82, 2.24) is 4.98 Å². The highest BCUT2D eigenvalue weighted by molar-refractivity contribution is 9.10. The Labute approximate surface area is 106 Å². The Morgan fingerprint density at radius 1 is 1.50 bits per heavy atom. The van der Waals surface area contributed by atoms with Crippen molar-refractivity contribution >= 4 is 21.7 Å². The van der Waals surface area contributed by atoms with Gasteiger partial charge in [-0.3, -0.25) is 0 Å². The lowest BCUT2D eigenvalue weighted by Gasteiger charge is -2.15. The van der Waals surface area contributed by atoms with Crippen LogP contribution in [0, 0.1) is 12.3 Å². The lowest BCUT2D eigenvalue weighted by molar-refractivity contribution is 0.485. The molecule has 0 atom stereocenters. The van der Waals surface area contributed by atoms with Crippen molar-refractivity contribution in [3.63, 3.8) is 0 Å². The van der Waals surface area contributed by atoms with Crippen LogP contribution in [0.5, 0.6) is 0 Å². The molecule has 0 saturated heterocycles. The van der Waals surface area contributed by atoms with E-state index < -0.39 is 0 Å². The maximum Gasteiger partial charge on any atom is 0.126 e. The van der Waals surface area contributed by atoms with Crippen LogP contribution in [0.1, 0.15) is 38.2 Å². The smallest absolute Gasteiger partial charge is 0.126 e. The van der Waals surface area contributed by atoms with Crippen LogP contribution in [0.25, 0.3) is 0 Å². The highest BCUT2D eigenvalue weighted by Crippen LogP contribution is 2.49. The monoisotopic (exact) mass is 282 g/mol. The van der Waals surface area contributed by atoms with Crippen LogP contribution in [-0.2, 0) is 0 Å². The molecule has 0 amide bonds. The van der Waals surface area contributed by atoms with E-state index in [9.17, 15) is 0 Å². The Hall–Kier alpha value is -0.570. The van der Waals surface area contributed by atoms with Crippen LogP contribution in [0.3, 0.4) is 0 Å². The Bertz CT molecular complexity index is 372. The first-order valence-corrected chi connectivity index (χ1v) is 6.80. The Kier molecular flexibility index (Phi) is 3.53. The summed E-state index contributed by atoms with van der Waals surface area (Å²) in [6.07, 6.45) is 7.26. The van der Waals surface area contributed by atoms with Crippen LogP contribution in [0.2, 0.25) is 0 Å². The largest absolute Gasteiger partial charge is 0.370 e. The molecule has 0 aromatic carbocycles. The van der Waals surface area contributed by atoms with Gasteiger partial charge in [0.1, 0.15) is 5.82 Å². The predicted octanol–water partition coefficient (Wildman–Crippen LogP) is 4.14. The molecule has 0 aliphatic heterocycles. The van der Waals surface area contributed by atoms with Gasteiger partial charge in [0, 0.05) is 17.2 Å². The molecule has 1 heterocycles. The molecule has 2 rings (SSSR count). The minimum atomic E-state index is 0.581. The SMILES string of the molecule is CCCC1(CNc2cc(C)c(Br)cn2)CC1. The number of aryl methyl sites for hydroxylation is 1. The Balaban J connectivity index is 1.92. The van der Waals surface area contributed by atoms with Crippen molar-refractivity contribution in [3.05, 3.63) is 22.3 Å². The molecule has 3 heteroatoms. The van der Waals surface area contributed by atoms with E-state index in [1.807, 2.05) is 6.20 Å². The van der Waals surface area contributed by atoms with Gasteiger partial charge in [-0.15, -0.1) is 0 Å². The standard InChI is InChI=1S/C13H19BrN2/c1-3-4-13(5-6-13)9-16-12-7-10(2)11(14)8-15-12/h7-8H,3-6,9H2,1-2H3,(H,15,16). The molecule has 0 spiro atoms. The summed E-state index contributed by atoms with van der Waals surface area (Å²) < 4.78 is 1.08. The second-order valence-electron chi connectivity index (χ2n) is 4.92. The second kappa shape index (κ2) is 4.74. The van der Waals surface area contributed by atoms with E-state index in [4.69, 9.17) is 0 Å². The molecule has 2 nitrogen and oxygen atoms in total. The minimum absolute atomic E-state index is 0.581. The lowest BCUT2D eigenvalue weighted by Crippen LogP contribution is -2.15. The lowest BCUT2D eigenvalue weighted by atomic mass is 10.0. The van der Waals surface area contributed by atoms with Crippen LogP contribution >= 0.6 is 15.9 Å². The average molecular weight is 283 g/mol. The first-order chi connectivity index (χ1) is 7.65. The van der Waals surface area contributed by atoms with E-state index >= 15 is 0 Å². The van der Waals surface area contributed by atoms with Crippen LogP contribution in [0.15, 0.2) is 16.7 Å². The van der Waals surface area contributed by atoms with Gasteiger partial charge in [0.2, 0.25) is 0 Å². The number of hydrogen-bond donors (Lipinski definition) is 1. The maximum atomic E-state index is 4.37. The second-order valence-corrected chi connectivity index (χ2v) is 5.78. The van der Waals surface area contributed by atoms with E-state index in [1.54, 1.807) is 0 Å². The quantitative estimate of drug-likeness (QED) is 0.878. The number of rotatable bonds is 5. The highest BCUT2D eigenvalue weighted by atomic mass is 79.9. The Morgan fingerprint density at radius 2 is 2.25 bits per heavy atom. The molecule has 1 fully saturated rings. The number of halogens is 1. The molecule has 88 valence electrons. The van der Waals surface area contributed by atoms with Crippen molar-refractivity contribution in [3.8, 4) is 0 Å². The van der Waals surface area contributed by atoms with Gasteiger partial charge in [-0.2, -0.15) is 0 Å². The summed E-state index contributed by atoms with van der Waals surface area (Å²) in [5.41, 5.74) is 1.81. The number of pyridine rings is 1. The third kappa shape index (κ3) is 2.76. The fraction of sp³-hybridized carbons (Fsp3) is 0.615. The maximum absolute atomic E-state index is 4.37. The third-order valence-electron chi connectivity index (χ3n) is 3.43. The molecule has 0 unspecified atom stereocenters. The van der Waals surface area contributed by atoms with E-state index in [2.05, 4.69) is 46.1 Å². The van der Waals surface area contributed by atoms with Crippen molar-refractivity contribution in [2.24, 2.45) is 5.41 Å². The van der Waals surface area contributed by atoms with Crippen LogP contribution in [-0.4, -0.2) is 11.5 Å². The zero-order valence-corrected chi connectivity index (χ0v) is 11.6. The van der Waals surface area contributed by atoms with Gasteiger partial charge in [0.05, 0.1) is 0 Å². The van der Waals surface area contributed by atoms with Gasteiger partial charge in [0.25, 0.3) is 0 Å². The summed E-state index contributed by atoms with van der Waals surface area (Å²) in [6.45, 7) is 5.44. The van der Waals surface area contributed by atoms with Crippen molar-refractivity contribution < 1.29 is 0 Å². The van der Waals surface area contributed by atoms with E-state index in [0.717, 1.165) is 16.8 Å². The first-order valence-electron chi connectivity index (χ1n) is 6.01. The van der Waals surface area contributed by atoms with E-state index in [-0.39, 0.29) is 0 Å². The van der Waals surface area contributed by atoms with Gasteiger partial charge in [-0.05, 0) is 59.2 Å². The number of aromatic nitrogens is 1. The van der Waals surface area contributed by atoms with Gasteiger partial charge < -0.3 is 5.32 Å². The van der Waals surface area contributed by atoms with Gasteiger partial charge in [-0.25, -0.2) is 4.98 Å². The van der Waals surface area contributed by atoms with Gasteiger partial charge in [0.15, 0.2) is 0 Å². The zero-order chi connectivity index (χ0) is 11.6. The van der Waals surface area contributed by atoms with E-state index in [1.165, 1.54) is 31.2 Å². The molecule has 1 aliphatic carbocycles. The van der Waals surface area contributed by atoms with Gasteiger partial charge in [-0.1, -0.05) is 13.3 Å². The zero-order valence-electron chi connectivity index (χ0n) is 10.0. The number of anilines is 1. The molecule has 1 aromatic rings. The summed E-state index contributed by atoms with van der Waals surface area (Å²) in [6, 6.07) is 2.10. The molecule has 1 N–H and O–H groups in total. The predicted molar refractivity (Wildman–Crippen MR) is 71.7 cm³/mol. The molecule has 1 saturated carbocycles. The molecular weight excluding hydrogens is 264 g/mol. The summed E-state index contributed by atoms with van der Waals surface area (Å²) >= 11 is 3.47. The molecule has 1 aliphatic rings. The third-order valence-corrected chi connectivity index (χ3v) is 4.26. The summed E-state index contributed by atoms with van der Waals surface area (Å²) in [5.74, 6) is 1.00. The van der Waals surface area contributed by atoms with Crippen LogP contribution in [0.4, 0.5) is 5.82 Å². The van der Waals surface area contributed by atoms with Crippen molar-refractivity contribution in [1.29, 1.82) is 0 Å². The molecule has 0 radical (unpaired) electrons. The average Bonchev–Trinajstić information content (AvgIpc) is 3.01. The van der Waals surface area contributed by atoms with Crippen molar-refractivity contribution in [2.75, 3.05) is 11.9 Å². The topological polar surface area (TPSA) is 24.9 Å². The van der Waals surface area contributed by atoms with Crippen LogP contribution < -0.4 is 5.32 Å². The van der Waals surface area contributed by atoms with E-state index in [0.29, 0.717) is 5.41 Å². The first kappa shape index (κ1) is 11.9. The highest BCUT2D eigenvalue weighted by Gasteiger charge is 2.41. The number of hydrogen-bond acceptors (Lipinski definition) is 2. The fourth-order valence-corrected chi connectivity index (χ4v) is 2.35. The molecule has 1 aromatic heterocycles. The summed E-state index contributed by atoms with van der Waals surface area (Å²) in [4.78, 5) is 4.37. The summed E-state index contributed by atoms with van der Waals surface area (Å²) in [5, 5.41) is 3.47. The number of nitrogens with zero attached hydrogens (tertiary/aromatic N) is 1. The number of nitrogens with one attached hydrogen (secondary N) is 1. The summed E-state index contributed by atoms with van der Waals surface area (Å²) in [7, 11) is 0. The minimum Gasteiger partial charge on any atom is -0.370 e. The molecule has 0 bridgehead atoms.